The largest absolute Gasteiger partial charge is 0.287 e. The minimum absolute atomic E-state index is 0.971. The molecule has 0 amide bonds. The van der Waals surface area contributed by atoms with Crippen LogP contribution in [0.25, 0.3) is 16.6 Å². The first kappa shape index (κ1) is 8.92. The van der Waals surface area contributed by atoms with Crippen molar-refractivity contribution in [1.82, 2.24) is 9.38 Å². The number of benzene rings is 1. The SMILES string of the molecule is Cc1ccc2c(ccc3ncc(Br)n32)c1. The summed E-state index contributed by atoms with van der Waals surface area (Å²) in [4.78, 5) is 4.31. The molecule has 0 radical (unpaired) electrons. The summed E-state index contributed by atoms with van der Waals surface area (Å²) in [6.45, 7) is 2.10. The average molecular weight is 261 g/mol. The first-order valence-corrected chi connectivity index (χ1v) is 5.57. The lowest BCUT2D eigenvalue weighted by molar-refractivity contribution is 1.22. The summed E-state index contributed by atoms with van der Waals surface area (Å²) in [5.74, 6) is 0. The van der Waals surface area contributed by atoms with Crippen LogP contribution in [0.3, 0.4) is 0 Å². The molecule has 3 rings (SSSR count). The van der Waals surface area contributed by atoms with Crippen LogP contribution in [0, 0.1) is 6.92 Å². The van der Waals surface area contributed by atoms with Crippen LogP contribution in [-0.4, -0.2) is 9.38 Å². The maximum absolute atomic E-state index is 4.31. The van der Waals surface area contributed by atoms with Crippen molar-refractivity contribution in [3.05, 3.63) is 46.7 Å². The number of pyridine rings is 1. The number of fused-ring (bicyclic) bond motifs is 3. The minimum atomic E-state index is 0.971. The Labute approximate surface area is 95.7 Å². The molecule has 2 aromatic heterocycles. The molecule has 0 saturated carbocycles. The van der Waals surface area contributed by atoms with E-state index in [0.29, 0.717) is 0 Å². The molecule has 0 fully saturated rings. The Morgan fingerprint density at radius 2 is 2.07 bits per heavy atom. The summed E-state index contributed by atoms with van der Waals surface area (Å²) < 4.78 is 3.10. The van der Waals surface area contributed by atoms with E-state index < -0.39 is 0 Å². The molecule has 15 heavy (non-hydrogen) atoms. The number of aryl methyl sites for hydroxylation is 1. The zero-order valence-corrected chi connectivity index (χ0v) is 9.82. The molecular weight excluding hydrogens is 252 g/mol. The first-order valence-electron chi connectivity index (χ1n) is 4.78. The van der Waals surface area contributed by atoms with Crippen LogP contribution in [-0.2, 0) is 0 Å². The number of hydrogen-bond acceptors (Lipinski definition) is 1. The topological polar surface area (TPSA) is 17.3 Å². The van der Waals surface area contributed by atoms with Crippen molar-refractivity contribution in [2.45, 2.75) is 6.92 Å². The Kier molecular flexibility index (Phi) is 1.83. The van der Waals surface area contributed by atoms with Gasteiger partial charge in [0.2, 0.25) is 0 Å². The van der Waals surface area contributed by atoms with Gasteiger partial charge in [-0.25, -0.2) is 4.98 Å². The Bertz CT molecular complexity index is 655. The molecule has 3 heteroatoms. The van der Waals surface area contributed by atoms with Crippen molar-refractivity contribution in [1.29, 1.82) is 0 Å². The van der Waals surface area contributed by atoms with Gasteiger partial charge < -0.3 is 0 Å². The van der Waals surface area contributed by atoms with Crippen molar-refractivity contribution >= 4 is 32.5 Å². The monoisotopic (exact) mass is 260 g/mol. The standard InChI is InChI=1S/C12H9BrN2/c1-8-2-4-10-9(6-8)3-5-12-14-7-11(13)15(10)12/h2-7H,1H3. The van der Waals surface area contributed by atoms with Gasteiger partial charge in [-0.05, 0) is 52.5 Å². The Balaban J connectivity index is 2.58. The van der Waals surface area contributed by atoms with Gasteiger partial charge >= 0.3 is 0 Å². The minimum Gasteiger partial charge on any atom is -0.287 e. The molecule has 74 valence electrons. The molecule has 0 aliphatic rings. The van der Waals surface area contributed by atoms with E-state index in [1.54, 1.807) is 0 Å². The van der Waals surface area contributed by atoms with Crippen LogP contribution in [0.4, 0.5) is 0 Å². The second kappa shape index (κ2) is 3.07. The highest BCUT2D eigenvalue weighted by molar-refractivity contribution is 9.10. The van der Waals surface area contributed by atoms with Gasteiger partial charge in [-0.3, -0.25) is 4.40 Å². The number of halogens is 1. The third kappa shape index (κ3) is 1.27. The summed E-state index contributed by atoms with van der Waals surface area (Å²) in [6, 6.07) is 10.6. The molecule has 0 N–H and O–H groups in total. The van der Waals surface area contributed by atoms with Crippen LogP contribution < -0.4 is 0 Å². The molecule has 0 spiro atoms. The van der Waals surface area contributed by atoms with E-state index in [2.05, 4.69) is 56.5 Å². The van der Waals surface area contributed by atoms with Gasteiger partial charge in [0.15, 0.2) is 0 Å². The number of nitrogens with zero attached hydrogens (tertiary/aromatic N) is 2. The summed E-state index contributed by atoms with van der Waals surface area (Å²) in [5.41, 5.74) is 3.43. The molecule has 0 bridgehead atoms. The lowest BCUT2D eigenvalue weighted by atomic mass is 10.1. The fourth-order valence-electron chi connectivity index (χ4n) is 1.88. The molecule has 2 heterocycles. The van der Waals surface area contributed by atoms with Crippen LogP contribution in [0.15, 0.2) is 41.1 Å². The molecule has 0 saturated heterocycles. The summed E-state index contributed by atoms with van der Waals surface area (Å²) in [6.07, 6.45) is 1.83. The van der Waals surface area contributed by atoms with E-state index in [-0.39, 0.29) is 0 Å². The zero-order valence-electron chi connectivity index (χ0n) is 8.24. The molecule has 0 atom stereocenters. The van der Waals surface area contributed by atoms with E-state index in [9.17, 15) is 0 Å². The van der Waals surface area contributed by atoms with Gasteiger partial charge in [-0.1, -0.05) is 11.6 Å². The lowest BCUT2D eigenvalue weighted by Crippen LogP contribution is -1.88. The van der Waals surface area contributed by atoms with Crippen LogP contribution in [0.5, 0.6) is 0 Å². The van der Waals surface area contributed by atoms with Crippen molar-refractivity contribution in [2.75, 3.05) is 0 Å². The maximum Gasteiger partial charge on any atom is 0.138 e. The van der Waals surface area contributed by atoms with Crippen LogP contribution in [0.2, 0.25) is 0 Å². The fourth-order valence-corrected chi connectivity index (χ4v) is 2.35. The van der Waals surface area contributed by atoms with Gasteiger partial charge in [0.25, 0.3) is 0 Å². The predicted molar refractivity (Wildman–Crippen MR) is 65.1 cm³/mol. The average Bonchev–Trinajstić information content (AvgIpc) is 2.60. The van der Waals surface area contributed by atoms with Crippen molar-refractivity contribution in [3.8, 4) is 0 Å². The molecule has 3 aromatic rings. The van der Waals surface area contributed by atoms with Gasteiger partial charge in [0, 0.05) is 0 Å². The summed E-state index contributed by atoms with van der Waals surface area (Å²) >= 11 is 3.51. The number of imidazole rings is 1. The highest BCUT2D eigenvalue weighted by Crippen LogP contribution is 2.22. The van der Waals surface area contributed by atoms with Crippen molar-refractivity contribution in [3.63, 3.8) is 0 Å². The zero-order chi connectivity index (χ0) is 10.4. The molecule has 1 aromatic carbocycles. The second-order valence-corrected chi connectivity index (χ2v) is 4.48. The Hall–Kier alpha value is -1.35. The number of aromatic nitrogens is 2. The van der Waals surface area contributed by atoms with E-state index in [1.807, 2.05) is 12.3 Å². The second-order valence-electron chi connectivity index (χ2n) is 3.67. The third-order valence-electron chi connectivity index (χ3n) is 2.58. The van der Waals surface area contributed by atoms with E-state index in [1.165, 1.54) is 16.5 Å². The van der Waals surface area contributed by atoms with Crippen LogP contribution in [0.1, 0.15) is 5.56 Å². The van der Waals surface area contributed by atoms with E-state index in [4.69, 9.17) is 0 Å². The molecular formula is C12H9BrN2. The van der Waals surface area contributed by atoms with Gasteiger partial charge in [0.1, 0.15) is 10.3 Å². The van der Waals surface area contributed by atoms with E-state index in [0.717, 1.165) is 10.3 Å². The normalized spacial score (nSPS) is 11.3. The van der Waals surface area contributed by atoms with Crippen LogP contribution >= 0.6 is 15.9 Å². The van der Waals surface area contributed by atoms with Gasteiger partial charge in [-0.15, -0.1) is 0 Å². The summed E-state index contributed by atoms with van der Waals surface area (Å²) in [7, 11) is 0. The van der Waals surface area contributed by atoms with E-state index >= 15 is 0 Å². The highest BCUT2D eigenvalue weighted by atomic mass is 79.9. The first-order chi connectivity index (χ1) is 7.25. The van der Waals surface area contributed by atoms with Gasteiger partial charge in [-0.2, -0.15) is 0 Å². The van der Waals surface area contributed by atoms with Crippen molar-refractivity contribution in [2.24, 2.45) is 0 Å². The lowest BCUT2D eigenvalue weighted by Gasteiger charge is -2.03. The fraction of sp³-hybridized carbons (Fsp3) is 0.0833. The highest BCUT2D eigenvalue weighted by Gasteiger charge is 2.04. The molecule has 0 aliphatic heterocycles. The van der Waals surface area contributed by atoms with Crippen molar-refractivity contribution < 1.29 is 0 Å². The smallest absolute Gasteiger partial charge is 0.138 e. The number of hydrogen-bond donors (Lipinski definition) is 0. The number of rotatable bonds is 0. The Morgan fingerprint density at radius 1 is 1.20 bits per heavy atom. The maximum atomic E-state index is 4.31. The molecule has 2 nitrogen and oxygen atoms in total. The molecule has 0 aliphatic carbocycles. The Morgan fingerprint density at radius 3 is 2.93 bits per heavy atom. The predicted octanol–water partition coefficient (Wildman–Crippen LogP) is 3.56. The third-order valence-corrected chi connectivity index (χ3v) is 3.14. The molecule has 0 unspecified atom stereocenters. The summed E-state index contributed by atoms with van der Waals surface area (Å²) in [5, 5.41) is 1.24. The quantitative estimate of drug-likeness (QED) is 0.604. The van der Waals surface area contributed by atoms with Gasteiger partial charge in [0.05, 0.1) is 11.7 Å².